The van der Waals surface area contributed by atoms with Gasteiger partial charge in [0.1, 0.15) is 5.82 Å². The van der Waals surface area contributed by atoms with E-state index >= 15 is 0 Å². The molecule has 0 atom stereocenters. The van der Waals surface area contributed by atoms with Crippen molar-refractivity contribution in [1.29, 1.82) is 0 Å². The highest BCUT2D eigenvalue weighted by Crippen LogP contribution is 2.20. The highest BCUT2D eigenvalue weighted by molar-refractivity contribution is 6.30. The first-order chi connectivity index (χ1) is 9.02. The van der Waals surface area contributed by atoms with Crippen LogP contribution < -0.4 is 0 Å². The van der Waals surface area contributed by atoms with E-state index in [-0.39, 0.29) is 5.82 Å². The Morgan fingerprint density at radius 2 is 2.21 bits per heavy atom. The molecule has 2 aromatic rings. The predicted octanol–water partition coefficient (Wildman–Crippen LogP) is 2.88. The van der Waals surface area contributed by atoms with E-state index in [9.17, 15) is 4.79 Å². The molecule has 0 amide bonds. The highest BCUT2D eigenvalue weighted by atomic mass is 35.5. The molecule has 1 aromatic carbocycles. The lowest BCUT2D eigenvalue weighted by atomic mass is 10.2. The van der Waals surface area contributed by atoms with Crippen molar-refractivity contribution in [3.05, 3.63) is 40.4 Å². The predicted molar refractivity (Wildman–Crippen MR) is 72.1 cm³/mol. The van der Waals surface area contributed by atoms with Gasteiger partial charge in [0.15, 0.2) is 0 Å². The number of aryl methyl sites for hydroxylation is 2. The second-order valence-electron chi connectivity index (χ2n) is 4.25. The number of carboxylic acid groups (broad SMARTS) is 1. The molecule has 0 fully saturated rings. The lowest BCUT2D eigenvalue weighted by Crippen LogP contribution is -2.05. The summed E-state index contributed by atoms with van der Waals surface area (Å²) in [7, 11) is 0. The maximum Gasteiger partial charge on any atom is 0.375 e. The van der Waals surface area contributed by atoms with Gasteiger partial charge in [-0.2, -0.15) is 0 Å². The highest BCUT2D eigenvalue weighted by Gasteiger charge is 2.17. The molecule has 0 bridgehead atoms. The van der Waals surface area contributed by atoms with Crippen molar-refractivity contribution in [2.45, 2.75) is 26.7 Å². The van der Waals surface area contributed by atoms with Crippen LogP contribution in [0.25, 0.3) is 5.69 Å². The molecule has 0 aliphatic heterocycles. The van der Waals surface area contributed by atoms with Gasteiger partial charge in [-0.3, -0.25) is 0 Å². The number of halogens is 1. The number of carboxylic acids is 1. The van der Waals surface area contributed by atoms with Gasteiger partial charge in [0.05, 0.1) is 5.69 Å². The Labute approximate surface area is 115 Å². The quantitative estimate of drug-likeness (QED) is 0.934. The van der Waals surface area contributed by atoms with Gasteiger partial charge in [-0.25, -0.2) is 14.5 Å². The van der Waals surface area contributed by atoms with Gasteiger partial charge in [0, 0.05) is 11.4 Å². The molecule has 19 heavy (non-hydrogen) atoms. The van der Waals surface area contributed by atoms with Crippen LogP contribution in [0.3, 0.4) is 0 Å². The number of hydrogen-bond acceptors (Lipinski definition) is 3. The van der Waals surface area contributed by atoms with E-state index in [1.807, 2.05) is 19.9 Å². The number of hydrogen-bond donors (Lipinski definition) is 1. The van der Waals surface area contributed by atoms with Gasteiger partial charge >= 0.3 is 5.97 Å². The monoisotopic (exact) mass is 279 g/mol. The lowest BCUT2D eigenvalue weighted by Gasteiger charge is -2.08. The number of aromatic carboxylic acids is 1. The summed E-state index contributed by atoms with van der Waals surface area (Å²) in [6.07, 6.45) is 1.52. The summed E-state index contributed by atoms with van der Waals surface area (Å²) in [5, 5.41) is 13.6. The summed E-state index contributed by atoms with van der Waals surface area (Å²) in [6.45, 7) is 3.92. The maximum absolute atomic E-state index is 11.0. The Morgan fingerprint density at radius 1 is 1.47 bits per heavy atom. The molecular weight excluding hydrogens is 266 g/mol. The van der Waals surface area contributed by atoms with Crippen LogP contribution in [-0.4, -0.2) is 25.8 Å². The normalized spacial score (nSPS) is 10.7. The van der Waals surface area contributed by atoms with Crippen LogP contribution in [0.1, 0.15) is 35.4 Å². The first-order valence-corrected chi connectivity index (χ1v) is 6.36. The molecule has 2 rings (SSSR count). The van der Waals surface area contributed by atoms with Crippen LogP contribution in [0.5, 0.6) is 0 Å². The second-order valence-corrected chi connectivity index (χ2v) is 4.69. The van der Waals surface area contributed by atoms with E-state index < -0.39 is 5.97 Å². The maximum atomic E-state index is 11.0. The van der Waals surface area contributed by atoms with E-state index in [1.165, 1.54) is 0 Å². The van der Waals surface area contributed by atoms with Gasteiger partial charge in [-0.1, -0.05) is 24.6 Å². The Balaban J connectivity index is 2.59. The lowest BCUT2D eigenvalue weighted by molar-refractivity contribution is 0.0683. The molecule has 0 spiro atoms. The zero-order valence-electron chi connectivity index (χ0n) is 10.7. The fourth-order valence-electron chi connectivity index (χ4n) is 1.82. The first kappa shape index (κ1) is 13.5. The number of rotatable bonds is 4. The van der Waals surface area contributed by atoms with Crippen molar-refractivity contribution in [1.82, 2.24) is 14.8 Å². The summed E-state index contributed by atoms with van der Waals surface area (Å²) >= 11 is 5.99. The molecule has 0 unspecified atom stereocenters. The van der Waals surface area contributed by atoms with Crippen LogP contribution in [0.4, 0.5) is 0 Å². The topological polar surface area (TPSA) is 68.0 Å². The summed E-state index contributed by atoms with van der Waals surface area (Å²) < 4.78 is 1.56. The molecule has 1 heterocycles. The standard InChI is InChI=1S/C13H14ClN3O2/c1-3-4-11-15-12(13(18)19)16-17(11)10-7-9(14)6-5-8(10)2/h5-7H,3-4H2,1-2H3,(H,18,19). The molecule has 1 N–H and O–H groups in total. The Morgan fingerprint density at radius 3 is 2.84 bits per heavy atom. The summed E-state index contributed by atoms with van der Waals surface area (Å²) in [5.41, 5.74) is 1.72. The largest absolute Gasteiger partial charge is 0.475 e. The molecule has 0 aliphatic carbocycles. The minimum Gasteiger partial charge on any atom is -0.475 e. The first-order valence-electron chi connectivity index (χ1n) is 5.98. The molecular formula is C13H14ClN3O2. The molecule has 0 saturated carbocycles. The zero-order valence-corrected chi connectivity index (χ0v) is 11.5. The van der Waals surface area contributed by atoms with E-state index in [0.29, 0.717) is 17.3 Å². The van der Waals surface area contributed by atoms with Crippen molar-refractivity contribution < 1.29 is 9.90 Å². The van der Waals surface area contributed by atoms with Gasteiger partial charge in [0.25, 0.3) is 5.82 Å². The van der Waals surface area contributed by atoms with Crippen LogP contribution in [0.2, 0.25) is 5.02 Å². The van der Waals surface area contributed by atoms with Crippen molar-refractivity contribution in [2.75, 3.05) is 0 Å². The average Bonchev–Trinajstić information content (AvgIpc) is 2.77. The van der Waals surface area contributed by atoms with Gasteiger partial charge in [-0.15, -0.1) is 5.10 Å². The van der Waals surface area contributed by atoms with Gasteiger partial charge in [-0.05, 0) is 31.0 Å². The minimum atomic E-state index is -1.13. The van der Waals surface area contributed by atoms with Gasteiger partial charge < -0.3 is 5.11 Å². The summed E-state index contributed by atoms with van der Waals surface area (Å²) in [6, 6.07) is 5.42. The van der Waals surface area contributed by atoms with Crippen molar-refractivity contribution in [3.8, 4) is 5.69 Å². The number of benzene rings is 1. The smallest absolute Gasteiger partial charge is 0.375 e. The molecule has 1 aromatic heterocycles. The molecule has 100 valence electrons. The van der Waals surface area contributed by atoms with Crippen molar-refractivity contribution >= 4 is 17.6 Å². The fraction of sp³-hybridized carbons (Fsp3) is 0.308. The number of aromatic nitrogens is 3. The fourth-order valence-corrected chi connectivity index (χ4v) is 1.99. The Kier molecular flexibility index (Phi) is 3.85. The van der Waals surface area contributed by atoms with E-state index in [0.717, 1.165) is 17.7 Å². The van der Waals surface area contributed by atoms with E-state index in [4.69, 9.17) is 16.7 Å². The van der Waals surface area contributed by atoms with Crippen molar-refractivity contribution in [2.24, 2.45) is 0 Å². The zero-order chi connectivity index (χ0) is 14.0. The molecule has 0 radical (unpaired) electrons. The average molecular weight is 280 g/mol. The second kappa shape index (κ2) is 5.40. The molecule has 0 saturated heterocycles. The summed E-state index contributed by atoms with van der Waals surface area (Å²) in [5.74, 6) is -0.691. The third-order valence-corrected chi connectivity index (χ3v) is 2.97. The van der Waals surface area contributed by atoms with E-state index in [2.05, 4.69) is 10.1 Å². The van der Waals surface area contributed by atoms with E-state index in [1.54, 1.807) is 16.8 Å². The molecule has 0 aliphatic rings. The number of carbonyl (C=O) groups is 1. The van der Waals surface area contributed by atoms with Crippen molar-refractivity contribution in [3.63, 3.8) is 0 Å². The number of nitrogens with zero attached hydrogens (tertiary/aromatic N) is 3. The van der Waals surface area contributed by atoms with Gasteiger partial charge in [0.2, 0.25) is 0 Å². The SMILES string of the molecule is CCCc1nc(C(=O)O)nn1-c1cc(Cl)ccc1C. The van der Waals surface area contributed by atoms with Crippen LogP contribution in [0.15, 0.2) is 18.2 Å². The molecule has 6 heteroatoms. The van der Waals surface area contributed by atoms with Crippen LogP contribution >= 0.6 is 11.6 Å². The minimum absolute atomic E-state index is 0.192. The third kappa shape index (κ3) is 2.76. The van der Waals surface area contributed by atoms with Crippen LogP contribution in [-0.2, 0) is 6.42 Å². The Hall–Kier alpha value is -1.88. The Bertz CT molecular complexity index is 622. The molecule has 5 nitrogen and oxygen atoms in total. The third-order valence-electron chi connectivity index (χ3n) is 2.74. The summed E-state index contributed by atoms with van der Waals surface area (Å²) in [4.78, 5) is 15.0. The van der Waals surface area contributed by atoms with Crippen LogP contribution in [0, 0.1) is 6.92 Å².